The number of hydrogen-bond donors (Lipinski definition) is 4. The minimum absolute atomic E-state index is 0.0424. The molecule has 0 amide bonds. The van der Waals surface area contributed by atoms with E-state index in [-0.39, 0.29) is 21.7 Å². The van der Waals surface area contributed by atoms with Gasteiger partial charge >= 0.3 is 0 Å². The van der Waals surface area contributed by atoms with Gasteiger partial charge in [-0.1, -0.05) is 124 Å². The number of benzene rings is 5. The van der Waals surface area contributed by atoms with Crippen LogP contribution in [0.3, 0.4) is 0 Å². The average molecular weight is 816 g/mol. The topological polar surface area (TPSA) is 128 Å². The molecule has 0 aliphatic heterocycles. The van der Waals surface area contributed by atoms with E-state index in [1.165, 1.54) is 11.1 Å². The lowest BCUT2D eigenvalue weighted by atomic mass is 9.63. The van der Waals surface area contributed by atoms with Gasteiger partial charge in [-0.15, -0.1) is 0 Å². The number of aromatic amines is 4. The van der Waals surface area contributed by atoms with Crippen molar-refractivity contribution in [3.63, 3.8) is 0 Å². The highest BCUT2D eigenvalue weighted by Crippen LogP contribution is 2.44. The number of imidazole rings is 4. The number of nitrogens with zero attached hydrogens (tertiary/aromatic N) is 5. The SMILES string of the molecule is CC(C)(C)c1ccc(-c2nc3ccc(-c4ccc5nc(C(C)(C)C(C)(C)c6ccc(-c7nc8ccc(-c9ccc%10nc(C(C)(C)C)[nH]c%10c9)cc8[nH]7)cc6)[nH]c5c4)cc3[nH]2)nc1. The average Bonchev–Trinajstić information content (AvgIpc) is 4.06. The maximum atomic E-state index is 5.16. The molecule has 9 nitrogen and oxygen atoms in total. The van der Waals surface area contributed by atoms with Crippen molar-refractivity contribution in [2.75, 3.05) is 0 Å². The van der Waals surface area contributed by atoms with Gasteiger partial charge in [0.25, 0.3) is 0 Å². The molecular weight excluding hydrogens is 763 g/mol. The van der Waals surface area contributed by atoms with Crippen LogP contribution in [0.15, 0.2) is 115 Å². The smallest absolute Gasteiger partial charge is 0.157 e. The fourth-order valence-electron chi connectivity index (χ4n) is 8.35. The summed E-state index contributed by atoms with van der Waals surface area (Å²) in [6.07, 6.45) is 1.95. The molecule has 0 saturated heterocycles. The number of hydrogen-bond acceptors (Lipinski definition) is 5. The van der Waals surface area contributed by atoms with Crippen LogP contribution in [-0.2, 0) is 21.7 Å². The number of nitrogens with one attached hydrogen (secondary N) is 4. The molecule has 62 heavy (non-hydrogen) atoms. The first-order valence-corrected chi connectivity index (χ1v) is 21.5. The molecule has 0 aliphatic carbocycles. The standard InChI is InChI=1S/C53H53N9/c1-50(2,3)36-19-24-41(54-29-36)47-56-38-21-14-32(26-43(38)58-47)34-16-23-40-45(28-34)62-49(60-40)53(9,10)52(7,8)35-17-11-30(12-18-35)46-55-37-20-13-31(25-42(37)57-46)33-15-22-39-44(27-33)61-48(59-39)51(4,5)6/h11-29H,1-10H3,(H,55,57)(H,56,58)(H,59,61)(H,60,62). The molecule has 10 rings (SSSR count). The van der Waals surface area contributed by atoms with Gasteiger partial charge in [0.2, 0.25) is 0 Å². The van der Waals surface area contributed by atoms with Crippen LogP contribution in [0.4, 0.5) is 0 Å². The highest BCUT2D eigenvalue weighted by Gasteiger charge is 2.42. The zero-order valence-electron chi connectivity index (χ0n) is 37.2. The van der Waals surface area contributed by atoms with Crippen LogP contribution < -0.4 is 0 Å². The molecule has 0 atom stereocenters. The molecular formula is C53H53N9. The van der Waals surface area contributed by atoms with E-state index in [1.807, 2.05) is 12.3 Å². The summed E-state index contributed by atoms with van der Waals surface area (Å²) in [7, 11) is 0. The molecule has 310 valence electrons. The molecule has 0 spiro atoms. The van der Waals surface area contributed by atoms with Gasteiger partial charge in [-0.2, -0.15) is 0 Å². The van der Waals surface area contributed by atoms with Gasteiger partial charge in [0.1, 0.15) is 23.2 Å². The summed E-state index contributed by atoms with van der Waals surface area (Å²) >= 11 is 0. The third kappa shape index (κ3) is 6.76. The molecule has 0 unspecified atom stereocenters. The van der Waals surface area contributed by atoms with E-state index in [0.29, 0.717) is 0 Å². The Balaban J connectivity index is 0.876. The van der Waals surface area contributed by atoms with E-state index in [1.54, 1.807) is 0 Å². The first-order valence-electron chi connectivity index (χ1n) is 21.5. The monoisotopic (exact) mass is 815 g/mol. The van der Waals surface area contributed by atoms with Gasteiger partial charge in [-0.05, 0) is 93.4 Å². The zero-order valence-corrected chi connectivity index (χ0v) is 37.2. The van der Waals surface area contributed by atoms with Crippen molar-refractivity contribution >= 4 is 44.1 Å². The van der Waals surface area contributed by atoms with Gasteiger partial charge in [-0.25, -0.2) is 19.9 Å². The summed E-state index contributed by atoms with van der Waals surface area (Å²) < 4.78 is 0. The van der Waals surface area contributed by atoms with Crippen molar-refractivity contribution in [2.45, 2.75) is 90.9 Å². The zero-order chi connectivity index (χ0) is 43.3. The van der Waals surface area contributed by atoms with Crippen molar-refractivity contribution in [2.24, 2.45) is 0 Å². The molecule has 0 bridgehead atoms. The maximum absolute atomic E-state index is 5.16. The normalized spacial score (nSPS) is 13.0. The van der Waals surface area contributed by atoms with E-state index in [0.717, 1.165) is 101 Å². The van der Waals surface area contributed by atoms with Gasteiger partial charge < -0.3 is 19.9 Å². The van der Waals surface area contributed by atoms with Crippen LogP contribution >= 0.6 is 0 Å². The van der Waals surface area contributed by atoms with Crippen LogP contribution in [0.1, 0.15) is 92.0 Å². The lowest BCUT2D eigenvalue weighted by Crippen LogP contribution is -2.41. The van der Waals surface area contributed by atoms with Crippen LogP contribution in [-0.4, -0.2) is 44.9 Å². The van der Waals surface area contributed by atoms with Crippen LogP contribution in [0.25, 0.3) is 89.3 Å². The molecule has 5 aromatic carbocycles. The highest BCUT2D eigenvalue weighted by molar-refractivity contribution is 5.89. The fourth-order valence-corrected chi connectivity index (χ4v) is 8.35. The maximum Gasteiger partial charge on any atom is 0.157 e. The van der Waals surface area contributed by atoms with E-state index >= 15 is 0 Å². The van der Waals surface area contributed by atoms with E-state index in [4.69, 9.17) is 24.9 Å². The van der Waals surface area contributed by atoms with Crippen LogP contribution in [0.2, 0.25) is 0 Å². The van der Waals surface area contributed by atoms with Crippen molar-refractivity contribution in [3.05, 3.63) is 138 Å². The molecule has 5 aromatic heterocycles. The lowest BCUT2D eigenvalue weighted by Gasteiger charge is -2.41. The van der Waals surface area contributed by atoms with Gasteiger partial charge in [0.15, 0.2) is 5.82 Å². The third-order valence-corrected chi connectivity index (χ3v) is 13.2. The Morgan fingerprint density at radius 3 is 1.26 bits per heavy atom. The van der Waals surface area contributed by atoms with Crippen molar-refractivity contribution in [1.82, 2.24) is 44.9 Å². The van der Waals surface area contributed by atoms with Gasteiger partial charge in [-0.3, -0.25) is 4.98 Å². The summed E-state index contributed by atoms with van der Waals surface area (Å²) in [6, 6.07) is 38.7. The number of H-pyrrole nitrogens is 4. The predicted octanol–water partition coefficient (Wildman–Crippen LogP) is 13.1. The molecule has 10 aromatic rings. The van der Waals surface area contributed by atoms with Gasteiger partial charge in [0.05, 0.1) is 44.1 Å². The molecule has 0 radical (unpaired) electrons. The Morgan fingerprint density at radius 1 is 0.355 bits per heavy atom. The third-order valence-electron chi connectivity index (χ3n) is 13.2. The van der Waals surface area contributed by atoms with Gasteiger partial charge in [0, 0.05) is 28.0 Å². The quantitative estimate of drug-likeness (QED) is 0.127. The summed E-state index contributed by atoms with van der Waals surface area (Å²) in [6.45, 7) is 22.3. The van der Waals surface area contributed by atoms with Crippen molar-refractivity contribution in [1.29, 1.82) is 0 Å². The highest BCUT2D eigenvalue weighted by atomic mass is 15.0. The second-order valence-corrected chi connectivity index (χ2v) is 20.0. The summed E-state index contributed by atoms with van der Waals surface area (Å²) in [4.78, 5) is 38.9. The van der Waals surface area contributed by atoms with Crippen molar-refractivity contribution < 1.29 is 0 Å². The van der Waals surface area contributed by atoms with Crippen molar-refractivity contribution in [3.8, 4) is 45.2 Å². The van der Waals surface area contributed by atoms with E-state index < -0.39 is 0 Å². The molecule has 5 heterocycles. The molecule has 0 fully saturated rings. The van der Waals surface area contributed by atoms with E-state index in [2.05, 4.69) is 192 Å². The number of rotatable bonds is 7. The Morgan fingerprint density at radius 2 is 0.774 bits per heavy atom. The molecule has 0 aliphatic rings. The second-order valence-electron chi connectivity index (χ2n) is 20.0. The second kappa shape index (κ2) is 13.8. The summed E-state index contributed by atoms with van der Waals surface area (Å²) in [5, 5.41) is 0. The molecule has 9 heteroatoms. The predicted molar refractivity (Wildman–Crippen MR) is 254 cm³/mol. The Bertz CT molecular complexity index is 3300. The number of pyridine rings is 1. The summed E-state index contributed by atoms with van der Waals surface area (Å²) in [5.41, 5.74) is 16.0. The number of aromatic nitrogens is 9. The van der Waals surface area contributed by atoms with E-state index in [9.17, 15) is 0 Å². The number of fused-ring (bicyclic) bond motifs is 4. The minimum Gasteiger partial charge on any atom is -0.342 e. The van der Waals surface area contributed by atoms with Crippen LogP contribution in [0.5, 0.6) is 0 Å². The Hall–Kier alpha value is -6.87. The largest absolute Gasteiger partial charge is 0.342 e. The molecule has 0 saturated carbocycles. The first-order chi connectivity index (χ1) is 29.4. The van der Waals surface area contributed by atoms with Crippen LogP contribution in [0, 0.1) is 0 Å². The summed E-state index contributed by atoms with van der Waals surface area (Å²) in [5.74, 6) is 3.56. The Kier molecular flexibility index (Phi) is 8.76. The Labute approximate surface area is 361 Å². The first kappa shape index (κ1) is 39.3. The minimum atomic E-state index is -0.332. The fraction of sp³-hybridized carbons (Fsp3) is 0.264. The molecule has 4 N–H and O–H groups in total. The lowest BCUT2D eigenvalue weighted by molar-refractivity contribution is 0.290.